The van der Waals surface area contributed by atoms with Crippen LogP contribution in [0, 0.1) is 0 Å². The zero-order chi connectivity index (χ0) is 35.1. The number of para-hydroxylation sites is 2. The van der Waals surface area contributed by atoms with Crippen LogP contribution in [-0.4, -0.2) is 24.9 Å². The van der Waals surface area contributed by atoms with Gasteiger partial charge in [-0.2, -0.15) is 0 Å². The molecule has 10 rings (SSSR count). The van der Waals surface area contributed by atoms with Gasteiger partial charge in [-0.15, -0.1) is 0 Å². The van der Waals surface area contributed by atoms with Gasteiger partial charge in [0.1, 0.15) is 11.1 Å². The van der Waals surface area contributed by atoms with E-state index in [9.17, 15) is 0 Å². The third-order valence-electron chi connectivity index (χ3n) is 9.57. The van der Waals surface area contributed by atoms with Gasteiger partial charge in [-0.05, 0) is 63.7 Å². The number of aromatic nitrogens is 5. The third-order valence-corrected chi connectivity index (χ3v) is 9.57. The van der Waals surface area contributed by atoms with E-state index in [0.29, 0.717) is 23.2 Å². The summed E-state index contributed by atoms with van der Waals surface area (Å²) >= 11 is 0. The minimum Gasteiger partial charge on any atom is -0.436 e. The Hall–Kier alpha value is -7.31. The fourth-order valence-electron chi connectivity index (χ4n) is 6.80. The molecule has 0 saturated heterocycles. The van der Waals surface area contributed by atoms with Crippen molar-refractivity contribution in [2.75, 3.05) is 0 Å². The predicted molar refractivity (Wildman–Crippen MR) is 213 cm³/mol. The van der Waals surface area contributed by atoms with Crippen LogP contribution >= 0.6 is 0 Å². The quantitative estimate of drug-likeness (QED) is 0.174. The number of hydrogen-bond donors (Lipinski definition) is 0. The number of fused-ring (bicyclic) bond motifs is 4. The molecule has 0 unspecified atom stereocenters. The Morgan fingerprint density at radius 1 is 0.302 bits per heavy atom. The Kier molecular flexibility index (Phi) is 7.36. The van der Waals surface area contributed by atoms with Gasteiger partial charge in [-0.3, -0.25) is 0 Å². The summed E-state index contributed by atoms with van der Waals surface area (Å²) in [6.45, 7) is 0. The predicted octanol–water partition coefficient (Wildman–Crippen LogP) is 11.7. The average molecular weight is 680 g/mol. The van der Waals surface area contributed by atoms with Gasteiger partial charge in [0.25, 0.3) is 0 Å². The molecular formula is C47H29N5O. The molecule has 6 heteroatoms. The highest BCUT2D eigenvalue weighted by Gasteiger charge is 2.15. The number of nitrogens with zero attached hydrogens (tertiary/aromatic N) is 5. The van der Waals surface area contributed by atoms with Gasteiger partial charge in [0.15, 0.2) is 17.5 Å². The van der Waals surface area contributed by atoms with E-state index in [1.54, 1.807) is 0 Å². The molecule has 3 aromatic heterocycles. The van der Waals surface area contributed by atoms with Crippen LogP contribution in [0.15, 0.2) is 180 Å². The van der Waals surface area contributed by atoms with E-state index in [0.717, 1.165) is 72.0 Å². The summed E-state index contributed by atoms with van der Waals surface area (Å²) in [5, 5.41) is 0.954. The molecule has 10 aromatic rings. The fourth-order valence-corrected chi connectivity index (χ4v) is 6.80. The summed E-state index contributed by atoms with van der Waals surface area (Å²) in [4.78, 5) is 24.4. The van der Waals surface area contributed by atoms with Crippen molar-refractivity contribution in [2.45, 2.75) is 0 Å². The number of hydrogen-bond acceptors (Lipinski definition) is 6. The van der Waals surface area contributed by atoms with Crippen LogP contribution in [0.1, 0.15) is 0 Å². The molecular weight excluding hydrogens is 651 g/mol. The van der Waals surface area contributed by atoms with Gasteiger partial charge in [0.2, 0.25) is 5.71 Å². The first-order valence-electron chi connectivity index (χ1n) is 17.5. The molecule has 6 nitrogen and oxygen atoms in total. The molecule has 0 spiro atoms. The first kappa shape index (κ1) is 30.5. The molecule has 0 aliphatic heterocycles. The molecule has 0 amide bonds. The number of benzene rings is 7. The van der Waals surface area contributed by atoms with Gasteiger partial charge in [0, 0.05) is 22.1 Å². The van der Waals surface area contributed by atoms with Gasteiger partial charge < -0.3 is 4.42 Å². The molecule has 53 heavy (non-hydrogen) atoms. The van der Waals surface area contributed by atoms with Crippen molar-refractivity contribution < 1.29 is 4.42 Å². The monoisotopic (exact) mass is 679 g/mol. The SMILES string of the molecule is c1ccc(-c2ccc(-c3nc(-c4ccccc4)nc(-c4ccc(-c5cccc(-c6ccc7c(c6)oc6nc8ccccc8nc67)c5)cc4)n3)cc2)cc1. The molecule has 0 fully saturated rings. The zero-order valence-corrected chi connectivity index (χ0v) is 28.4. The molecule has 0 N–H and O–H groups in total. The molecule has 7 aromatic carbocycles. The lowest BCUT2D eigenvalue weighted by Gasteiger charge is -2.10. The minimum atomic E-state index is 0.548. The van der Waals surface area contributed by atoms with Gasteiger partial charge in [-0.25, -0.2) is 24.9 Å². The summed E-state index contributed by atoms with van der Waals surface area (Å²) in [6.07, 6.45) is 0. The Morgan fingerprint density at radius 2 is 0.717 bits per heavy atom. The van der Waals surface area contributed by atoms with Crippen molar-refractivity contribution >= 4 is 33.2 Å². The molecule has 0 saturated carbocycles. The lowest BCUT2D eigenvalue weighted by molar-refractivity contribution is 0.655. The fraction of sp³-hybridized carbons (Fsp3) is 0. The third kappa shape index (κ3) is 5.78. The molecule has 0 bridgehead atoms. The lowest BCUT2D eigenvalue weighted by Crippen LogP contribution is -2.00. The normalized spacial score (nSPS) is 11.4. The second kappa shape index (κ2) is 12.8. The molecule has 0 aliphatic carbocycles. The summed E-state index contributed by atoms with van der Waals surface area (Å²) in [7, 11) is 0. The number of rotatable bonds is 6. The van der Waals surface area contributed by atoms with Crippen LogP contribution in [-0.2, 0) is 0 Å². The largest absolute Gasteiger partial charge is 0.436 e. The van der Waals surface area contributed by atoms with Crippen molar-refractivity contribution in [2.24, 2.45) is 0 Å². The van der Waals surface area contributed by atoms with Crippen LogP contribution in [0.3, 0.4) is 0 Å². The first-order valence-corrected chi connectivity index (χ1v) is 17.5. The van der Waals surface area contributed by atoms with E-state index in [2.05, 4.69) is 115 Å². The lowest BCUT2D eigenvalue weighted by atomic mass is 9.98. The van der Waals surface area contributed by atoms with Gasteiger partial charge >= 0.3 is 0 Å². The Bertz CT molecular complexity index is 2920. The highest BCUT2D eigenvalue weighted by molar-refractivity contribution is 6.04. The maximum Gasteiger partial charge on any atom is 0.246 e. The maximum atomic E-state index is 6.20. The Labute approximate surface area is 305 Å². The van der Waals surface area contributed by atoms with Crippen molar-refractivity contribution in [3.63, 3.8) is 0 Å². The van der Waals surface area contributed by atoms with Crippen molar-refractivity contribution in [1.29, 1.82) is 0 Å². The van der Waals surface area contributed by atoms with E-state index in [4.69, 9.17) is 29.3 Å². The van der Waals surface area contributed by atoms with Gasteiger partial charge in [0.05, 0.1) is 11.0 Å². The zero-order valence-electron chi connectivity index (χ0n) is 28.4. The topological polar surface area (TPSA) is 77.6 Å². The molecule has 248 valence electrons. The summed E-state index contributed by atoms with van der Waals surface area (Å²) in [6, 6.07) is 59.9. The van der Waals surface area contributed by atoms with Crippen LogP contribution in [0.4, 0.5) is 0 Å². The molecule has 0 radical (unpaired) electrons. The Balaban J connectivity index is 0.974. The second-order valence-corrected chi connectivity index (χ2v) is 13.0. The summed E-state index contributed by atoms with van der Waals surface area (Å²) in [5.74, 6) is 1.89. The van der Waals surface area contributed by atoms with E-state index in [1.807, 2.05) is 60.7 Å². The van der Waals surface area contributed by atoms with Crippen LogP contribution in [0.2, 0.25) is 0 Å². The van der Waals surface area contributed by atoms with E-state index < -0.39 is 0 Å². The van der Waals surface area contributed by atoms with E-state index in [1.165, 1.54) is 5.56 Å². The minimum absolute atomic E-state index is 0.548. The van der Waals surface area contributed by atoms with E-state index >= 15 is 0 Å². The molecule has 0 atom stereocenters. The Morgan fingerprint density at radius 3 is 1.34 bits per heavy atom. The standard InChI is InChI=1S/C47H29N5O/c1-3-10-30(11-4-1)31-18-22-34(23-19-31)45-50-44(33-12-5-2-6-13-33)51-46(52-45)35-24-20-32(21-25-35)36-14-9-15-37(28-36)38-26-27-39-42(29-38)53-47-43(39)48-40-16-7-8-17-41(40)49-47/h1-29H. The van der Waals surface area contributed by atoms with Crippen molar-refractivity contribution in [3.05, 3.63) is 176 Å². The van der Waals surface area contributed by atoms with Crippen LogP contribution < -0.4 is 0 Å². The maximum absolute atomic E-state index is 6.20. The summed E-state index contributed by atoms with van der Waals surface area (Å²) < 4.78 is 6.20. The van der Waals surface area contributed by atoms with Crippen LogP contribution in [0.5, 0.6) is 0 Å². The first-order chi connectivity index (χ1) is 26.2. The highest BCUT2D eigenvalue weighted by Crippen LogP contribution is 2.34. The molecule has 3 heterocycles. The van der Waals surface area contributed by atoms with Crippen LogP contribution in [0.25, 0.3) is 101 Å². The van der Waals surface area contributed by atoms with E-state index in [-0.39, 0.29) is 0 Å². The van der Waals surface area contributed by atoms with Gasteiger partial charge in [-0.1, -0.05) is 146 Å². The molecule has 0 aliphatic rings. The van der Waals surface area contributed by atoms with Crippen molar-refractivity contribution in [3.8, 4) is 67.5 Å². The highest BCUT2D eigenvalue weighted by atomic mass is 16.3. The number of furan rings is 1. The second-order valence-electron chi connectivity index (χ2n) is 13.0. The van der Waals surface area contributed by atoms with Crippen molar-refractivity contribution in [1.82, 2.24) is 24.9 Å². The summed E-state index contributed by atoms with van der Waals surface area (Å²) in [5.41, 5.74) is 13.2. The smallest absolute Gasteiger partial charge is 0.246 e. The average Bonchev–Trinajstić information content (AvgIpc) is 3.60.